The number of hydrogen-bond acceptors (Lipinski definition) is 3. The Hall–Kier alpha value is -1.81. The van der Waals surface area contributed by atoms with Crippen LogP contribution in [0, 0.1) is 25.2 Å². The molecule has 2 rings (SSSR count). The molecule has 1 aromatic carbocycles. The maximum Gasteiger partial charge on any atom is 0.222 e. The van der Waals surface area contributed by atoms with Gasteiger partial charge in [-0.2, -0.15) is 5.26 Å². The molecule has 0 spiro atoms. The summed E-state index contributed by atoms with van der Waals surface area (Å²) in [7, 11) is 3.58. The number of carbonyl (C=O) groups is 1. The van der Waals surface area contributed by atoms with Crippen molar-refractivity contribution in [2.45, 2.75) is 13.8 Å². The lowest BCUT2D eigenvalue weighted by Gasteiger charge is -2.06. The first-order valence-corrected chi connectivity index (χ1v) is 7.43. The highest BCUT2D eigenvalue weighted by Crippen LogP contribution is 2.27. The maximum atomic E-state index is 12.5. The van der Waals surface area contributed by atoms with Crippen LogP contribution in [0.4, 0.5) is 0 Å². The number of Topliss-reactive ketones (excluding diaryl/α,β-unsaturated/α-hetero) is 1. The van der Waals surface area contributed by atoms with Gasteiger partial charge in [0.1, 0.15) is 17.3 Å². The van der Waals surface area contributed by atoms with Gasteiger partial charge in [-0.05, 0) is 43.2 Å². The van der Waals surface area contributed by atoms with Crippen LogP contribution >= 0.6 is 22.9 Å². The van der Waals surface area contributed by atoms with Crippen LogP contribution in [0.3, 0.4) is 0 Å². The molecule has 0 unspecified atom stereocenters. The Morgan fingerprint density at radius 3 is 2.48 bits per heavy atom. The van der Waals surface area contributed by atoms with Gasteiger partial charge in [-0.15, -0.1) is 0 Å². The molecular formula is C16H16IN3O. The molecule has 108 valence electrons. The second-order valence-corrected chi connectivity index (χ2v) is 6.22. The zero-order valence-corrected chi connectivity index (χ0v) is 14.6. The second kappa shape index (κ2) is 5.90. The van der Waals surface area contributed by atoms with Crippen LogP contribution in [-0.4, -0.2) is 27.6 Å². The first-order chi connectivity index (χ1) is 9.85. The molecule has 0 aliphatic heterocycles. The molecule has 0 amide bonds. The molecule has 0 saturated heterocycles. The van der Waals surface area contributed by atoms with E-state index in [0.29, 0.717) is 5.69 Å². The van der Waals surface area contributed by atoms with Gasteiger partial charge in [-0.25, -0.2) is 0 Å². The summed E-state index contributed by atoms with van der Waals surface area (Å²) in [6.45, 7) is 4.10. The number of rotatable bonds is 3. The van der Waals surface area contributed by atoms with E-state index in [9.17, 15) is 10.1 Å². The number of aromatic nitrogens is 1. The largest absolute Gasteiger partial charge is 0.382 e. The monoisotopic (exact) mass is 393 g/mol. The third-order valence-corrected chi connectivity index (χ3v) is 4.38. The highest BCUT2D eigenvalue weighted by atomic mass is 127. The molecule has 21 heavy (non-hydrogen) atoms. The zero-order chi connectivity index (χ0) is 15.7. The summed E-state index contributed by atoms with van der Waals surface area (Å²) < 4.78 is 1.82. The van der Waals surface area contributed by atoms with Crippen molar-refractivity contribution in [1.82, 2.24) is 7.68 Å². The molecule has 2 aromatic rings. The maximum absolute atomic E-state index is 12.5. The topological polar surface area (TPSA) is 49.0 Å². The Labute approximate surface area is 138 Å². The van der Waals surface area contributed by atoms with Crippen molar-refractivity contribution < 1.29 is 4.79 Å². The Morgan fingerprint density at radius 2 is 1.90 bits per heavy atom. The Morgan fingerprint density at radius 1 is 1.29 bits per heavy atom. The molecule has 0 fully saturated rings. The van der Waals surface area contributed by atoms with E-state index in [2.05, 4.69) is 35.0 Å². The van der Waals surface area contributed by atoms with Crippen molar-refractivity contribution >= 4 is 39.6 Å². The van der Waals surface area contributed by atoms with E-state index in [1.54, 1.807) is 25.2 Å². The zero-order valence-electron chi connectivity index (χ0n) is 12.4. The van der Waals surface area contributed by atoms with Crippen LogP contribution in [0.25, 0.3) is 10.9 Å². The fourth-order valence-electron chi connectivity index (χ4n) is 2.13. The number of ketones is 1. The fourth-order valence-corrected chi connectivity index (χ4v) is 2.91. The minimum Gasteiger partial charge on any atom is -0.382 e. The summed E-state index contributed by atoms with van der Waals surface area (Å²) in [5.41, 5.74) is 4.01. The van der Waals surface area contributed by atoms with Gasteiger partial charge in [-0.3, -0.25) is 7.58 Å². The summed E-state index contributed by atoms with van der Waals surface area (Å²) in [6, 6.07) is 7.96. The lowest BCUT2D eigenvalue weighted by molar-refractivity contribution is 0.103. The van der Waals surface area contributed by atoms with Gasteiger partial charge >= 0.3 is 0 Å². The number of nitrogens with zero attached hydrogens (tertiary/aromatic N) is 3. The normalized spacial score (nSPS) is 11.5. The lowest BCUT2D eigenvalue weighted by atomic mass is 10.1. The van der Waals surface area contributed by atoms with Gasteiger partial charge in [0.2, 0.25) is 5.78 Å². The molecule has 5 heteroatoms. The van der Waals surface area contributed by atoms with E-state index in [1.807, 2.05) is 28.8 Å². The third-order valence-electron chi connectivity index (χ3n) is 3.34. The van der Waals surface area contributed by atoms with E-state index in [-0.39, 0.29) is 11.4 Å². The predicted octanol–water partition coefficient (Wildman–Crippen LogP) is 3.61. The number of nitriles is 1. The van der Waals surface area contributed by atoms with Crippen LogP contribution in [-0.2, 0) is 0 Å². The first kappa shape index (κ1) is 15.6. The predicted molar refractivity (Wildman–Crippen MR) is 92.5 cm³/mol. The molecule has 4 nitrogen and oxygen atoms in total. The first-order valence-electron chi connectivity index (χ1n) is 6.47. The Balaban J connectivity index is 2.60. The average molecular weight is 393 g/mol. The van der Waals surface area contributed by atoms with Crippen molar-refractivity contribution in [3.8, 4) is 6.07 Å². The number of benzene rings is 1. The molecule has 1 aromatic heterocycles. The Bertz CT molecular complexity index is 794. The second-order valence-electron chi connectivity index (χ2n) is 5.25. The van der Waals surface area contributed by atoms with Crippen molar-refractivity contribution in [3.63, 3.8) is 0 Å². The number of fused-ring (bicyclic) bond motifs is 1. The van der Waals surface area contributed by atoms with Gasteiger partial charge < -0.3 is 4.90 Å². The van der Waals surface area contributed by atoms with Gasteiger partial charge in [-0.1, -0.05) is 0 Å². The quantitative estimate of drug-likeness (QED) is 0.347. The van der Waals surface area contributed by atoms with Gasteiger partial charge in [0.25, 0.3) is 0 Å². The SMILES string of the molecule is Cc1cc2cc(C(=O)/C(C#N)=C/N(C)C)n(I)c2cc1C. The van der Waals surface area contributed by atoms with Crippen LogP contribution < -0.4 is 0 Å². The van der Waals surface area contributed by atoms with Crippen LogP contribution in [0.15, 0.2) is 30.0 Å². The van der Waals surface area contributed by atoms with Crippen molar-refractivity contribution in [1.29, 1.82) is 5.26 Å². The molecule has 0 N–H and O–H groups in total. The summed E-state index contributed by atoms with van der Waals surface area (Å²) in [6.07, 6.45) is 1.55. The minimum absolute atomic E-state index is 0.133. The highest BCUT2D eigenvalue weighted by Gasteiger charge is 2.19. The minimum atomic E-state index is -0.257. The number of aryl methyl sites for hydroxylation is 2. The summed E-state index contributed by atoms with van der Waals surface area (Å²) in [4.78, 5) is 14.2. The standard InChI is InChI=1S/C16H16IN3O/c1-10-5-12-7-15(20(17)14(12)6-11(10)2)16(21)13(8-18)9-19(3)4/h5-7,9H,1-4H3/b13-9+. The highest BCUT2D eigenvalue weighted by molar-refractivity contribution is 14.1. The van der Waals surface area contributed by atoms with E-state index < -0.39 is 0 Å². The molecule has 0 aliphatic carbocycles. The molecule has 0 atom stereocenters. The van der Waals surface area contributed by atoms with E-state index in [4.69, 9.17) is 0 Å². The summed E-state index contributed by atoms with van der Waals surface area (Å²) in [5.74, 6) is -0.257. The van der Waals surface area contributed by atoms with Crippen LogP contribution in [0.5, 0.6) is 0 Å². The Kier molecular flexibility index (Phi) is 4.37. The summed E-state index contributed by atoms with van der Waals surface area (Å²) >= 11 is 2.11. The third kappa shape index (κ3) is 2.95. The number of allylic oxidation sites excluding steroid dienone is 1. The molecule has 0 radical (unpaired) electrons. The van der Waals surface area contributed by atoms with E-state index in [0.717, 1.165) is 10.9 Å². The van der Waals surface area contributed by atoms with Crippen molar-refractivity contribution in [3.05, 3.63) is 46.8 Å². The van der Waals surface area contributed by atoms with Crippen LogP contribution in [0.2, 0.25) is 0 Å². The van der Waals surface area contributed by atoms with E-state index >= 15 is 0 Å². The average Bonchev–Trinajstić information content (AvgIpc) is 2.73. The molecule has 1 heterocycles. The van der Waals surface area contributed by atoms with Gasteiger partial charge in [0.15, 0.2) is 0 Å². The van der Waals surface area contributed by atoms with Gasteiger partial charge in [0, 0.05) is 25.7 Å². The van der Waals surface area contributed by atoms with E-state index in [1.165, 1.54) is 11.1 Å². The number of hydrogen-bond donors (Lipinski definition) is 0. The lowest BCUT2D eigenvalue weighted by Crippen LogP contribution is -2.10. The molecular weight excluding hydrogens is 377 g/mol. The molecule has 0 bridgehead atoms. The van der Waals surface area contributed by atoms with Gasteiger partial charge in [0.05, 0.1) is 28.4 Å². The molecule has 0 aliphatic rings. The summed E-state index contributed by atoms with van der Waals surface area (Å²) in [5, 5.41) is 10.2. The smallest absolute Gasteiger partial charge is 0.222 e. The van der Waals surface area contributed by atoms with Crippen molar-refractivity contribution in [2.75, 3.05) is 14.1 Å². The van der Waals surface area contributed by atoms with Crippen molar-refractivity contribution in [2.24, 2.45) is 0 Å². The number of halogens is 1. The fraction of sp³-hybridized carbons (Fsp3) is 0.250. The van der Waals surface area contributed by atoms with Crippen LogP contribution in [0.1, 0.15) is 21.6 Å². The molecule has 0 saturated carbocycles. The number of carbonyl (C=O) groups excluding carboxylic acids is 1.